The predicted molar refractivity (Wildman–Crippen MR) is 152 cm³/mol. The number of phenolic OH excluding ortho intramolecular Hbond substituents is 1. The number of carbonyl (C=O) groups excluding carboxylic acids is 2. The van der Waals surface area contributed by atoms with Crippen LogP contribution in [-0.2, 0) is 0 Å². The van der Waals surface area contributed by atoms with E-state index in [1.165, 1.54) is 0 Å². The molecule has 3 aromatic rings. The van der Waals surface area contributed by atoms with Crippen LogP contribution < -0.4 is 9.47 Å². The number of aromatic hydroxyl groups is 1. The molecule has 0 aliphatic heterocycles. The summed E-state index contributed by atoms with van der Waals surface area (Å²) >= 11 is 0. The minimum Gasteiger partial charge on any atom is -0.507 e. The average Bonchev–Trinajstić information content (AvgIpc) is 2.83. The van der Waals surface area contributed by atoms with Crippen LogP contribution in [0.2, 0.25) is 0 Å². The SMILES string of the molecule is Cc1cccc(OC(=O)c2cc(C(C)C)c(OC(=O)c3cc(C(C)C)c(O)c(C(C)C)c3)c(C(C)C)c2)c1. The van der Waals surface area contributed by atoms with Crippen molar-refractivity contribution in [2.45, 2.75) is 86.0 Å². The van der Waals surface area contributed by atoms with Crippen molar-refractivity contribution in [3.8, 4) is 17.2 Å². The third-order valence-electron chi connectivity index (χ3n) is 6.67. The van der Waals surface area contributed by atoms with Gasteiger partial charge in [-0.15, -0.1) is 0 Å². The minimum absolute atomic E-state index is 0.0145. The van der Waals surface area contributed by atoms with E-state index in [0.717, 1.165) is 16.7 Å². The fraction of sp³-hybridized carbons (Fsp3) is 0.394. The first-order chi connectivity index (χ1) is 17.8. The molecular weight excluding hydrogens is 476 g/mol. The van der Waals surface area contributed by atoms with Gasteiger partial charge in [0, 0.05) is 0 Å². The molecule has 0 fully saturated rings. The van der Waals surface area contributed by atoms with Crippen molar-refractivity contribution < 1.29 is 24.2 Å². The van der Waals surface area contributed by atoms with Crippen LogP contribution in [0.5, 0.6) is 17.2 Å². The van der Waals surface area contributed by atoms with Crippen molar-refractivity contribution in [2.75, 3.05) is 0 Å². The van der Waals surface area contributed by atoms with E-state index in [4.69, 9.17) is 9.47 Å². The maximum atomic E-state index is 13.5. The molecule has 0 atom stereocenters. The Hall–Kier alpha value is -3.60. The van der Waals surface area contributed by atoms with Gasteiger partial charge in [-0.1, -0.05) is 67.5 Å². The van der Waals surface area contributed by atoms with Crippen LogP contribution in [0.25, 0.3) is 0 Å². The second kappa shape index (κ2) is 11.8. The number of hydrogen-bond donors (Lipinski definition) is 1. The van der Waals surface area contributed by atoms with Crippen LogP contribution in [0.3, 0.4) is 0 Å². The van der Waals surface area contributed by atoms with Gasteiger partial charge in [0.05, 0.1) is 11.1 Å². The average molecular weight is 517 g/mol. The van der Waals surface area contributed by atoms with E-state index in [0.29, 0.717) is 33.8 Å². The minimum atomic E-state index is -0.493. The molecule has 0 aliphatic rings. The van der Waals surface area contributed by atoms with E-state index in [2.05, 4.69) is 0 Å². The van der Waals surface area contributed by atoms with Gasteiger partial charge in [0.2, 0.25) is 0 Å². The Morgan fingerprint density at radius 3 is 1.47 bits per heavy atom. The van der Waals surface area contributed by atoms with E-state index in [1.807, 2.05) is 80.5 Å². The molecule has 5 nitrogen and oxygen atoms in total. The van der Waals surface area contributed by atoms with Crippen LogP contribution in [0.4, 0.5) is 0 Å². The summed E-state index contributed by atoms with van der Waals surface area (Å²) in [6, 6.07) is 14.3. The molecule has 0 aliphatic carbocycles. The molecule has 0 heterocycles. The van der Waals surface area contributed by atoms with Gasteiger partial charge in [-0.05, 0) is 94.8 Å². The van der Waals surface area contributed by atoms with Gasteiger partial charge in [-0.3, -0.25) is 0 Å². The highest BCUT2D eigenvalue weighted by molar-refractivity contribution is 5.94. The van der Waals surface area contributed by atoms with Crippen LogP contribution in [0.1, 0.15) is 128 Å². The number of ether oxygens (including phenoxy) is 2. The zero-order valence-corrected chi connectivity index (χ0v) is 24.0. The summed E-state index contributed by atoms with van der Waals surface area (Å²) in [5.41, 5.74) is 4.74. The quantitative estimate of drug-likeness (QED) is 0.240. The molecule has 0 saturated heterocycles. The molecule has 0 saturated carbocycles. The molecule has 202 valence electrons. The van der Waals surface area contributed by atoms with Crippen molar-refractivity contribution >= 4 is 11.9 Å². The first-order valence-corrected chi connectivity index (χ1v) is 13.4. The van der Waals surface area contributed by atoms with Crippen molar-refractivity contribution in [1.82, 2.24) is 0 Å². The summed E-state index contributed by atoms with van der Waals surface area (Å²) < 4.78 is 11.7. The zero-order chi connectivity index (χ0) is 28.3. The monoisotopic (exact) mass is 516 g/mol. The van der Waals surface area contributed by atoms with Crippen LogP contribution in [0, 0.1) is 6.92 Å². The number of hydrogen-bond acceptors (Lipinski definition) is 5. The Morgan fingerprint density at radius 2 is 1.05 bits per heavy atom. The van der Waals surface area contributed by atoms with Crippen LogP contribution in [0.15, 0.2) is 48.5 Å². The third kappa shape index (κ3) is 6.45. The Labute approximate surface area is 226 Å². The fourth-order valence-corrected chi connectivity index (χ4v) is 4.44. The fourth-order valence-electron chi connectivity index (χ4n) is 4.44. The maximum Gasteiger partial charge on any atom is 0.343 e. The molecular formula is C33H40O5. The number of benzene rings is 3. The van der Waals surface area contributed by atoms with Crippen molar-refractivity contribution in [1.29, 1.82) is 0 Å². The van der Waals surface area contributed by atoms with Crippen molar-refractivity contribution in [3.63, 3.8) is 0 Å². The lowest BCUT2D eigenvalue weighted by molar-refractivity contribution is 0.0728. The first kappa shape index (κ1) is 29.0. The molecule has 0 radical (unpaired) electrons. The van der Waals surface area contributed by atoms with E-state index < -0.39 is 11.9 Å². The predicted octanol–water partition coefficient (Wildman–Crippen LogP) is 8.63. The lowest BCUT2D eigenvalue weighted by atomic mass is 9.90. The Balaban J connectivity index is 2.06. The summed E-state index contributed by atoms with van der Waals surface area (Å²) in [7, 11) is 0. The molecule has 1 N–H and O–H groups in total. The Kier molecular flexibility index (Phi) is 9.03. The molecule has 5 heteroatoms. The van der Waals surface area contributed by atoms with E-state index in [9.17, 15) is 14.7 Å². The molecule has 3 aromatic carbocycles. The number of esters is 2. The van der Waals surface area contributed by atoms with Gasteiger partial charge >= 0.3 is 11.9 Å². The Bertz CT molecular complexity index is 1270. The second-order valence-corrected chi connectivity index (χ2v) is 11.2. The van der Waals surface area contributed by atoms with Crippen LogP contribution in [-0.4, -0.2) is 17.0 Å². The second-order valence-electron chi connectivity index (χ2n) is 11.2. The number of phenols is 1. The van der Waals surface area contributed by atoms with Gasteiger partial charge in [-0.2, -0.15) is 0 Å². The molecule has 0 aromatic heterocycles. The lowest BCUT2D eigenvalue weighted by Crippen LogP contribution is -2.16. The summed E-state index contributed by atoms with van der Waals surface area (Å²) in [4.78, 5) is 26.6. The van der Waals surface area contributed by atoms with Crippen LogP contribution >= 0.6 is 0 Å². The number of rotatable bonds is 8. The smallest absolute Gasteiger partial charge is 0.343 e. The summed E-state index contributed by atoms with van der Waals surface area (Å²) in [5, 5.41) is 10.8. The largest absolute Gasteiger partial charge is 0.507 e. The molecule has 3 rings (SSSR count). The molecule has 0 unspecified atom stereocenters. The highest BCUT2D eigenvalue weighted by Gasteiger charge is 2.25. The maximum absolute atomic E-state index is 13.5. The molecule has 38 heavy (non-hydrogen) atoms. The van der Waals surface area contributed by atoms with Gasteiger partial charge in [0.1, 0.15) is 17.2 Å². The summed E-state index contributed by atoms with van der Waals surface area (Å²) in [5.74, 6) is 0.279. The van der Waals surface area contributed by atoms with E-state index >= 15 is 0 Å². The normalized spacial score (nSPS) is 11.5. The molecule has 0 bridgehead atoms. The summed E-state index contributed by atoms with van der Waals surface area (Å²) in [6.45, 7) is 17.9. The highest BCUT2D eigenvalue weighted by atomic mass is 16.5. The molecule has 0 amide bonds. The number of carbonyl (C=O) groups is 2. The Morgan fingerprint density at radius 1 is 0.632 bits per heavy atom. The van der Waals surface area contributed by atoms with E-state index in [-0.39, 0.29) is 29.4 Å². The third-order valence-corrected chi connectivity index (χ3v) is 6.67. The molecule has 0 spiro atoms. The highest BCUT2D eigenvalue weighted by Crippen LogP contribution is 2.38. The standard InChI is InChI=1S/C33H40O5/c1-18(2)26-14-23(15-27(19(3)4)30(26)34)33(36)38-31-28(20(5)6)16-24(17-29(31)21(7)8)32(35)37-25-12-10-11-22(9)13-25/h10-21,34H,1-9H3. The first-order valence-electron chi connectivity index (χ1n) is 13.4. The topological polar surface area (TPSA) is 72.8 Å². The zero-order valence-electron chi connectivity index (χ0n) is 24.0. The number of aryl methyl sites for hydroxylation is 1. The lowest BCUT2D eigenvalue weighted by Gasteiger charge is -2.21. The van der Waals surface area contributed by atoms with E-state index in [1.54, 1.807) is 30.3 Å². The van der Waals surface area contributed by atoms with Gasteiger partial charge in [-0.25, -0.2) is 9.59 Å². The van der Waals surface area contributed by atoms with Crippen molar-refractivity contribution in [3.05, 3.63) is 87.5 Å². The van der Waals surface area contributed by atoms with Gasteiger partial charge < -0.3 is 14.6 Å². The van der Waals surface area contributed by atoms with Gasteiger partial charge in [0.25, 0.3) is 0 Å². The summed E-state index contributed by atoms with van der Waals surface area (Å²) in [6.07, 6.45) is 0. The van der Waals surface area contributed by atoms with Crippen molar-refractivity contribution in [2.24, 2.45) is 0 Å². The van der Waals surface area contributed by atoms with Gasteiger partial charge in [0.15, 0.2) is 0 Å².